The van der Waals surface area contributed by atoms with E-state index in [1.165, 1.54) is 31.0 Å². The molecule has 3 nitrogen and oxygen atoms in total. The molecule has 1 aliphatic rings. The molecule has 1 fully saturated rings. The normalized spacial score (nSPS) is 15.1. The Morgan fingerprint density at radius 1 is 1.26 bits per heavy atom. The lowest BCUT2D eigenvalue weighted by atomic mass is 9.78. The molecule has 98 valence electrons. The van der Waals surface area contributed by atoms with Gasteiger partial charge in [0.1, 0.15) is 5.69 Å². The largest absolute Gasteiger partial charge is 0.357 e. The average Bonchev–Trinajstić information content (AvgIpc) is 2.38. The van der Waals surface area contributed by atoms with Crippen molar-refractivity contribution in [2.45, 2.75) is 25.2 Å². The fraction of sp³-hybridized carbons (Fsp3) is 0.333. The molecular formula is C15H16FN3. The number of rotatable bonds is 3. The molecule has 1 aromatic heterocycles. The summed E-state index contributed by atoms with van der Waals surface area (Å²) in [6.07, 6.45) is 4.85. The zero-order valence-corrected chi connectivity index (χ0v) is 10.9. The first-order valence-electron chi connectivity index (χ1n) is 6.59. The first kappa shape index (κ1) is 12.1. The van der Waals surface area contributed by atoms with Gasteiger partial charge in [-0.1, -0.05) is 30.7 Å². The van der Waals surface area contributed by atoms with Gasteiger partial charge in [-0.05, 0) is 24.3 Å². The van der Waals surface area contributed by atoms with Crippen molar-refractivity contribution in [3.63, 3.8) is 0 Å². The standard InChI is InChI=1S/C15H16FN3/c1-17-15-18-9-13(16)14(19-15)12-8-3-2-7-11(12)10-5-4-6-10/h2-3,7-10H,4-6H2,1H3,(H,17,18,19). The zero-order valence-electron chi connectivity index (χ0n) is 10.9. The van der Waals surface area contributed by atoms with Gasteiger partial charge >= 0.3 is 0 Å². The highest BCUT2D eigenvalue weighted by Crippen LogP contribution is 2.41. The molecule has 0 spiro atoms. The zero-order chi connectivity index (χ0) is 13.2. The van der Waals surface area contributed by atoms with Crippen molar-refractivity contribution in [3.8, 4) is 11.3 Å². The lowest BCUT2D eigenvalue weighted by molar-refractivity contribution is 0.420. The maximum Gasteiger partial charge on any atom is 0.223 e. The monoisotopic (exact) mass is 257 g/mol. The van der Waals surface area contributed by atoms with E-state index in [2.05, 4.69) is 21.4 Å². The summed E-state index contributed by atoms with van der Waals surface area (Å²) in [5, 5.41) is 2.85. The minimum Gasteiger partial charge on any atom is -0.357 e. The lowest BCUT2D eigenvalue weighted by Gasteiger charge is -2.27. The van der Waals surface area contributed by atoms with Crippen LogP contribution in [0.4, 0.5) is 10.3 Å². The van der Waals surface area contributed by atoms with E-state index in [9.17, 15) is 4.39 Å². The van der Waals surface area contributed by atoms with Crippen molar-refractivity contribution in [1.82, 2.24) is 9.97 Å². The number of hydrogen-bond donors (Lipinski definition) is 1. The first-order valence-corrected chi connectivity index (χ1v) is 6.59. The molecule has 0 unspecified atom stereocenters. The second-order valence-corrected chi connectivity index (χ2v) is 4.86. The van der Waals surface area contributed by atoms with Gasteiger partial charge in [0, 0.05) is 12.6 Å². The molecule has 1 saturated carbocycles. The molecule has 0 atom stereocenters. The van der Waals surface area contributed by atoms with E-state index < -0.39 is 0 Å². The number of nitrogens with one attached hydrogen (secondary N) is 1. The fourth-order valence-corrected chi connectivity index (χ4v) is 2.46. The van der Waals surface area contributed by atoms with Crippen LogP contribution in [-0.4, -0.2) is 17.0 Å². The molecule has 4 heteroatoms. The lowest BCUT2D eigenvalue weighted by Crippen LogP contribution is -2.11. The Balaban J connectivity index is 2.10. The topological polar surface area (TPSA) is 37.8 Å². The van der Waals surface area contributed by atoms with Crippen LogP contribution in [0.3, 0.4) is 0 Å². The van der Waals surface area contributed by atoms with Gasteiger partial charge in [0.15, 0.2) is 5.82 Å². The predicted molar refractivity (Wildman–Crippen MR) is 73.6 cm³/mol. The van der Waals surface area contributed by atoms with E-state index in [1.54, 1.807) is 7.05 Å². The summed E-state index contributed by atoms with van der Waals surface area (Å²) < 4.78 is 14.0. The summed E-state index contributed by atoms with van der Waals surface area (Å²) in [5.74, 6) is 0.620. The molecule has 1 heterocycles. The van der Waals surface area contributed by atoms with Crippen LogP contribution in [0.1, 0.15) is 30.7 Å². The number of anilines is 1. The van der Waals surface area contributed by atoms with Crippen LogP contribution in [0.25, 0.3) is 11.3 Å². The Kier molecular flexibility index (Phi) is 3.15. The molecule has 1 N–H and O–H groups in total. The molecular weight excluding hydrogens is 241 g/mol. The van der Waals surface area contributed by atoms with E-state index in [-0.39, 0.29) is 5.82 Å². The molecule has 0 radical (unpaired) electrons. The summed E-state index contributed by atoms with van der Waals surface area (Å²) in [7, 11) is 1.73. The van der Waals surface area contributed by atoms with Crippen LogP contribution in [0, 0.1) is 5.82 Å². The molecule has 19 heavy (non-hydrogen) atoms. The molecule has 0 amide bonds. The number of halogens is 1. The van der Waals surface area contributed by atoms with Crippen molar-refractivity contribution >= 4 is 5.95 Å². The van der Waals surface area contributed by atoms with E-state index in [4.69, 9.17) is 0 Å². The van der Waals surface area contributed by atoms with Crippen molar-refractivity contribution < 1.29 is 4.39 Å². The van der Waals surface area contributed by atoms with Gasteiger partial charge in [0.25, 0.3) is 0 Å². The molecule has 3 rings (SSSR count). The predicted octanol–water partition coefficient (Wildman–Crippen LogP) is 3.59. The minimum atomic E-state index is -0.370. The summed E-state index contributed by atoms with van der Waals surface area (Å²) in [5.41, 5.74) is 2.49. The highest BCUT2D eigenvalue weighted by Gasteiger charge is 2.23. The van der Waals surface area contributed by atoms with Crippen molar-refractivity contribution in [3.05, 3.63) is 41.8 Å². The Bertz CT molecular complexity index is 594. The van der Waals surface area contributed by atoms with Crippen LogP contribution in [0.15, 0.2) is 30.5 Å². The average molecular weight is 257 g/mol. The minimum absolute atomic E-state index is 0.370. The van der Waals surface area contributed by atoms with E-state index in [0.717, 1.165) is 5.56 Å². The summed E-state index contributed by atoms with van der Waals surface area (Å²) in [6, 6.07) is 7.96. The number of benzene rings is 1. The molecule has 0 aliphatic heterocycles. The van der Waals surface area contributed by atoms with Crippen LogP contribution >= 0.6 is 0 Å². The van der Waals surface area contributed by atoms with Crippen LogP contribution in [0.5, 0.6) is 0 Å². The third-order valence-electron chi connectivity index (χ3n) is 3.73. The third-order valence-corrected chi connectivity index (χ3v) is 3.73. The maximum absolute atomic E-state index is 14.0. The quantitative estimate of drug-likeness (QED) is 0.913. The number of nitrogens with zero attached hydrogens (tertiary/aromatic N) is 2. The fourth-order valence-electron chi connectivity index (χ4n) is 2.46. The van der Waals surface area contributed by atoms with Crippen LogP contribution in [-0.2, 0) is 0 Å². The van der Waals surface area contributed by atoms with Crippen molar-refractivity contribution in [2.24, 2.45) is 0 Å². The Labute approximate surface area is 111 Å². The second-order valence-electron chi connectivity index (χ2n) is 4.86. The van der Waals surface area contributed by atoms with E-state index >= 15 is 0 Å². The molecule has 2 aromatic rings. The summed E-state index contributed by atoms with van der Waals surface area (Å²) in [6.45, 7) is 0. The van der Waals surface area contributed by atoms with E-state index in [0.29, 0.717) is 17.6 Å². The van der Waals surface area contributed by atoms with Gasteiger partial charge in [-0.25, -0.2) is 14.4 Å². The highest BCUT2D eigenvalue weighted by molar-refractivity contribution is 5.66. The highest BCUT2D eigenvalue weighted by atomic mass is 19.1. The van der Waals surface area contributed by atoms with Gasteiger partial charge in [-0.2, -0.15) is 0 Å². The van der Waals surface area contributed by atoms with Gasteiger partial charge < -0.3 is 5.32 Å². The molecule has 0 saturated heterocycles. The molecule has 1 aromatic carbocycles. The van der Waals surface area contributed by atoms with Crippen molar-refractivity contribution in [2.75, 3.05) is 12.4 Å². The molecule has 0 bridgehead atoms. The number of hydrogen-bond acceptors (Lipinski definition) is 3. The third kappa shape index (κ3) is 2.18. The number of aromatic nitrogens is 2. The molecule has 1 aliphatic carbocycles. The summed E-state index contributed by atoms with van der Waals surface area (Å²) in [4.78, 5) is 8.16. The second kappa shape index (κ2) is 4.96. The van der Waals surface area contributed by atoms with Gasteiger partial charge in [-0.15, -0.1) is 0 Å². The van der Waals surface area contributed by atoms with Gasteiger partial charge in [0.2, 0.25) is 5.95 Å². The Morgan fingerprint density at radius 2 is 2.05 bits per heavy atom. The Hall–Kier alpha value is -1.97. The first-order chi connectivity index (χ1) is 9.29. The SMILES string of the molecule is CNc1ncc(F)c(-c2ccccc2C2CCC2)n1. The van der Waals surface area contributed by atoms with Gasteiger partial charge in [-0.3, -0.25) is 0 Å². The van der Waals surface area contributed by atoms with Crippen molar-refractivity contribution in [1.29, 1.82) is 0 Å². The Morgan fingerprint density at radius 3 is 2.74 bits per heavy atom. The van der Waals surface area contributed by atoms with E-state index in [1.807, 2.05) is 18.2 Å². The smallest absolute Gasteiger partial charge is 0.223 e. The van der Waals surface area contributed by atoms with Crippen LogP contribution in [0.2, 0.25) is 0 Å². The maximum atomic E-state index is 14.0. The summed E-state index contributed by atoms with van der Waals surface area (Å²) >= 11 is 0. The van der Waals surface area contributed by atoms with Crippen LogP contribution < -0.4 is 5.32 Å². The van der Waals surface area contributed by atoms with Gasteiger partial charge in [0.05, 0.1) is 6.20 Å².